The van der Waals surface area contributed by atoms with Gasteiger partial charge in [-0.15, -0.1) is 0 Å². The number of likely N-dealkylation sites (tertiary alicyclic amines) is 2. The van der Waals surface area contributed by atoms with E-state index in [4.69, 9.17) is 4.74 Å². The fourth-order valence-corrected chi connectivity index (χ4v) is 3.69. The van der Waals surface area contributed by atoms with Crippen molar-refractivity contribution in [3.05, 3.63) is 11.6 Å². The Morgan fingerprint density at radius 2 is 1.95 bits per heavy atom. The average molecular weight is 323 g/mol. The van der Waals surface area contributed by atoms with Gasteiger partial charge in [0.05, 0.1) is 6.54 Å². The Hall–Kier alpha value is -1.63. The normalized spacial score (nSPS) is 22.9. The first-order valence-electron chi connectivity index (χ1n) is 7.74. The lowest BCUT2D eigenvalue weighted by atomic mass is 9.95. The number of nitrogens with zero attached hydrogens (tertiary/aromatic N) is 3. The Morgan fingerprint density at radius 1 is 1.23 bits per heavy atom. The van der Waals surface area contributed by atoms with Gasteiger partial charge in [0.2, 0.25) is 11.8 Å². The molecule has 2 saturated heterocycles. The zero-order chi connectivity index (χ0) is 15.5. The van der Waals surface area contributed by atoms with Gasteiger partial charge in [-0.1, -0.05) is 11.3 Å². The fourth-order valence-electron chi connectivity index (χ4n) is 3.14. The van der Waals surface area contributed by atoms with E-state index in [9.17, 15) is 9.59 Å². The zero-order valence-electron chi connectivity index (χ0n) is 12.7. The minimum atomic E-state index is 0.0485. The van der Waals surface area contributed by atoms with Crippen LogP contribution >= 0.6 is 11.3 Å². The summed E-state index contributed by atoms with van der Waals surface area (Å²) in [5.41, 5.74) is 0. The lowest BCUT2D eigenvalue weighted by Crippen LogP contribution is -2.43. The van der Waals surface area contributed by atoms with Crippen molar-refractivity contribution in [1.29, 1.82) is 0 Å². The summed E-state index contributed by atoms with van der Waals surface area (Å²) >= 11 is 1.48. The van der Waals surface area contributed by atoms with Crippen molar-refractivity contribution in [2.75, 3.05) is 26.2 Å². The molecule has 7 heteroatoms. The summed E-state index contributed by atoms with van der Waals surface area (Å²) in [7, 11) is 0. The number of aromatic nitrogens is 1. The smallest absolute Gasteiger partial charge is 0.273 e. The Kier molecular flexibility index (Phi) is 4.61. The Bertz CT molecular complexity index is 526. The molecule has 2 fully saturated rings. The second kappa shape index (κ2) is 6.64. The molecule has 1 unspecified atom stereocenters. The van der Waals surface area contributed by atoms with Crippen LogP contribution in [0.4, 0.5) is 0 Å². The second-order valence-corrected chi connectivity index (χ2v) is 6.75. The van der Waals surface area contributed by atoms with E-state index in [1.54, 1.807) is 13.1 Å². The standard InChI is InChI=1S/C15H21N3O3S/c1-11(19)17-6-2-12(3-7-17)14(20)18-8-4-13(10-18)21-15-16-5-9-22-15/h5,9,12-13H,2-4,6-8,10H2,1H3. The summed E-state index contributed by atoms with van der Waals surface area (Å²) in [5, 5.41) is 2.56. The van der Waals surface area contributed by atoms with Crippen LogP contribution < -0.4 is 4.74 Å². The molecule has 0 saturated carbocycles. The molecule has 6 nitrogen and oxygen atoms in total. The molecule has 1 aromatic rings. The summed E-state index contributed by atoms with van der Waals surface area (Å²) < 4.78 is 5.79. The molecule has 1 aromatic heterocycles. The van der Waals surface area contributed by atoms with E-state index in [1.165, 1.54) is 11.3 Å². The van der Waals surface area contributed by atoms with Gasteiger partial charge in [0.1, 0.15) is 6.10 Å². The molecule has 0 aliphatic carbocycles. The summed E-state index contributed by atoms with van der Waals surface area (Å²) in [6.07, 6.45) is 4.17. The van der Waals surface area contributed by atoms with E-state index in [2.05, 4.69) is 4.98 Å². The number of ether oxygens (including phenoxy) is 1. The Morgan fingerprint density at radius 3 is 2.59 bits per heavy atom. The highest BCUT2D eigenvalue weighted by atomic mass is 32.1. The van der Waals surface area contributed by atoms with E-state index >= 15 is 0 Å². The molecule has 120 valence electrons. The number of amides is 2. The average Bonchev–Trinajstić information content (AvgIpc) is 3.19. The van der Waals surface area contributed by atoms with Gasteiger partial charge in [0, 0.05) is 50.5 Å². The molecule has 0 bridgehead atoms. The third-order valence-electron chi connectivity index (χ3n) is 4.42. The van der Waals surface area contributed by atoms with Crippen LogP contribution in [0.2, 0.25) is 0 Å². The number of hydrogen-bond donors (Lipinski definition) is 0. The van der Waals surface area contributed by atoms with E-state index in [0.717, 1.165) is 25.8 Å². The monoisotopic (exact) mass is 323 g/mol. The Balaban J connectivity index is 1.48. The van der Waals surface area contributed by atoms with Gasteiger partial charge < -0.3 is 14.5 Å². The highest BCUT2D eigenvalue weighted by Crippen LogP contribution is 2.24. The lowest BCUT2D eigenvalue weighted by Gasteiger charge is -2.32. The summed E-state index contributed by atoms with van der Waals surface area (Å²) in [5.74, 6) is 0.367. The van der Waals surface area contributed by atoms with Crippen LogP contribution in [-0.2, 0) is 9.59 Å². The predicted octanol–water partition coefficient (Wildman–Crippen LogP) is 1.38. The largest absolute Gasteiger partial charge is 0.465 e. The third-order valence-corrected chi connectivity index (χ3v) is 5.08. The van der Waals surface area contributed by atoms with Gasteiger partial charge in [-0.3, -0.25) is 9.59 Å². The van der Waals surface area contributed by atoms with Gasteiger partial charge in [0.15, 0.2) is 0 Å². The van der Waals surface area contributed by atoms with Gasteiger partial charge in [-0.25, -0.2) is 4.98 Å². The van der Waals surface area contributed by atoms with E-state index in [0.29, 0.717) is 24.8 Å². The van der Waals surface area contributed by atoms with Crippen LogP contribution in [0, 0.1) is 5.92 Å². The zero-order valence-corrected chi connectivity index (χ0v) is 13.6. The minimum Gasteiger partial charge on any atom is -0.465 e. The van der Waals surface area contributed by atoms with Crippen LogP contribution in [-0.4, -0.2) is 58.9 Å². The molecule has 0 N–H and O–H groups in total. The summed E-state index contributed by atoms with van der Waals surface area (Å²) in [4.78, 5) is 31.8. The van der Waals surface area contributed by atoms with Crippen molar-refractivity contribution in [2.24, 2.45) is 5.92 Å². The maximum absolute atomic E-state index is 12.6. The van der Waals surface area contributed by atoms with Crippen molar-refractivity contribution in [1.82, 2.24) is 14.8 Å². The maximum atomic E-state index is 12.6. The van der Waals surface area contributed by atoms with Crippen LogP contribution in [0.5, 0.6) is 5.19 Å². The SMILES string of the molecule is CC(=O)N1CCC(C(=O)N2CCC(Oc3nccs3)C2)CC1. The molecule has 1 atom stereocenters. The number of piperidine rings is 1. The van der Waals surface area contributed by atoms with Crippen molar-refractivity contribution in [3.8, 4) is 5.19 Å². The number of carbonyl (C=O) groups is 2. The van der Waals surface area contributed by atoms with Gasteiger partial charge >= 0.3 is 0 Å². The molecule has 22 heavy (non-hydrogen) atoms. The van der Waals surface area contributed by atoms with Gasteiger partial charge in [-0.05, 0) is 12.8 Å². The second-order valence-electron chi connectivity index (χ2n) is 5.89. The number of rotatable bonds is 3. The van der Waals surface area contributed by atoms with Crippen molar-refractivity contribution >= 4 is 23.2 Å². The van der Waals surface area contributed by atoms with Crippen molar-refractivity contribution in [3.63, 3.8) is 0 Å². The van der Waals surface area contributed by atoms with Crippen LogP contribution in [0.1, 0.15) is 26.2 Å². The quantitative estimate of drug-likeness (QED) is 0.843. The number of carbonyl (C=O) groups excluding carboxylic acids is 2. The van der Waals surface area contributed by atoms with Gasteiger partial charge in [-0.2, -0.15) is 0 Å². The van der Waals surface area contributed by atoms with Gasteiger partial charge in [0.25, 0.3) is 5.19 Å². The first-order valence-corrected chi connectivity index (χ1v) is 8.62. The molecular weight excluding hydrogens is 302 g/mol. The molecule has 2 aliphatic heterocycles. The highest BCUT2D eigenvalue weighted by molar-refractivity contribution is 7.11. The molecule has 3 heterocycles. The lowest BCUT2D eigenvalue weighted by molar-refractivity contribution is -0.139. The number of thiazole rings is 1. The third kappa shape index (κ3) is 3.40. The maximum Gasteiger partial charge on any atom is 0.273 e. The predicted molar refractivity (Wildman–Crippen MR) is 82.7 cm³/mol. The molecule has 0 radical (unpaired) electrons. The molecular formula is C15H21N3O3S. The molecule has 0 spiro atoms. The topological polar surface area (TPSA) is 62.7 Å². The first kappa shape index (κ1) is 15.3. The van der Waals surface area contributed by atoms with Crippen LogP contribution in [0.25, 0.3) is 0 Å². The van der Waals surface area contributed by atoms with E-state index < -0.39 is 0 Å². The fraction of sp³-hybridized carbons (Fsp3) is 0.667. The highest BCUT2D eigenvalue weighted by Gasteiger charge is 2.34. The van der Waals surface area contributed by atoms with Crippen molar-refractivity contribution < 1.29 is 14.3 Å². The van der Waals surface area contributed by atoms with E-state index in [-0.39, 0.29) is 23.8 Å². The van der Waals surface area contributed by atoms with Crippen molar-refractivity contribution in [2.45, 2.75) is 32.3 Å². The van der Waals surface area contributed by atoms with E-state index in [1.807, 2.05) is 15.2 Å². The minimum absolute atomic E-state index is 0.0485. The summed E-state index contributed by atoms with van der Waals surface area (Å²) in [6, 6.07) is 0. The first-order chi connectivity index (χ1) is 10.6. The molecule has 2 amide bonds. The molecule has 2 aliphatic rings. The Labute approximate surface area is 134 Å². The summed E-state index contributed by atoms with van der Waals surface area (Å²) in [6.45, 7) is 4.37. The molecule has 0 aromatic carbocycles. The number of hydrogen-bond acceptors (Lipinski definition) is 5. The van der Waals surface area contributed by atoms with Crippen LogP contribution in [0.3, 0.4) is 0 Å². The molecule has 3 rings (SSSR count). The van der Waals surface area contributed by atoms with Crippen LogP contribution in [0.15, 0.2) is 11.6 Å².